The zero-order valence-electron chi connectivity index (χ0n) is 10.9. The molecule has 0 saturated carbocycles. The number of benzene rings is 1. The Morgan fingerprint density at radius 1 is 1.32 bits per heavy atom. The lowest BCUT2D eigenvalue weighted by Gasteiger charge is -2.14. The highest BCUT2D eigenvalue weighted by Gasteiger charge is 2.06. The first-order valence-corrected chi connectivity index (χ1v) is 5.88. The van der Waals surface area contributed by atoms with Crippen molar-refractivity contribution in [2.24, 2.45) is 0 Å². The second-order valence-electron chi connectivity index (χ2n) is 4.21. The smallest absolute Gasteiger partial charge is 0.328 e. The Morgan fingerprint density at radius 3 is 2.53 bits per heavy atom. The van der Waals surface area contributed by atoms with Gasteiger partial charge in [-0.15, -0.1) is 0 Å². The van der Waals surface area contributed by atoms with Crippen molar-refractivity contribution in [3.05, 3.63) is 42.0 Å². The molecule has 0 spiro atoms. The van der Waals surface area contributed by atoms with Crippen molar-refractivity contribution in [1.82, 2.24) is 5.32 Å². The lowest BCUT2D eigenvalue weighted by molar-refractivity contribution is -0.131. The highest BCUT2D eigenvalue weighted by molar-refractivity contribution is 5.93. The van der Waals surface area contributed by atoms with Crippen LogP contribution in [0.1, 0.15) is 12.5 Å². The molecule has 0 bridgehead atoms. The Labute approximate surface area is 111 Å². The van der Waals surface area contributed by atoms with Crippen molar-refractivity contribution in [3.63, 3.8) is 0 Å². The van der Waals surface area contributed by atoms with Crippen LogP contribution in [-0.4, -0.2) is 29.6 Å². The van der Waals surface area contributed by atoms with E-state index in [1.165, 1.54) is 0 Å². The largest absolute Gasteiger partial charge is 0.491 e. The molecule has 1 atom stereocenters. The molecule has 1 aromatic rings. The van der Waals surface area contributed by atoms with E-state index in [2.05, 4.69) is 5.32 Å². The highest BCUT2D eigenvalue weighted by atomic mass is 16.5. The predicted molar refractivity (Wildman–Crippen MR) is 71.1 cm³/mol. The maximum atomic E-state index is 11.3. The molecule has 5 nitrogen and oxygen atoms in total. The zero-order valence-corrected chi connectivity index (χ0v) is 10.9. The molecule has 19 heavy (non-hydrogen) atoms. The van der Waals surface area contributed by atoms with Gasteiger partial charge in [0.2, 0.25) is 5.91 Å². The van der Waals surface area contributed by atoms with Crippen LogP contribution in [-0.2, 0) is 9.59 Å². The lowest BCUT2D eigenvalue weighted by atomic mass is 10.2. The molecule has 0 aliphatic heterocycles. The number of carbonyl (C=O) groups excluding carboxylic acids is 1. The summed E-state index contributed by atoms with van der Waals surface area (Å²) in [6.45, 7) is 4.08. The maximum absolute atomic E-state index is 11.3. The minimum atomic E-state index is -1.15. The highest BCUT2D eigenvalue weighted by Crippen LogP contribution is 2.11. The summed E-state index contributed by atoms with van der Waals surface area (Å²) in [4.78, 5) is 21.5. The number of aryl methyl sites for hydroxylation is 1. The predicted octanol–water partition coefficient (Wildman–Crippen LogP) is 1.52. The average molecular weight is 263 g/mol. The van der Waals surface area contributed by atoms with Gasteiger partial charge in [-0.3, -0.25) is 4.79 Å². The standard InChI is InChI=1S/C14H17NO4/c1-10-3-5-12(6-4-10)19-9-11(2)15-13(16)7-8-14(17)18/h3-8,11H,9H2,1-2H3,(H,15,16)(H,17,18). The first-order chi connectivity index (χ1) is 8.97. The minimum absolute atomic E-state index is 0.216. The molecule has 0 radical (unpaired) electrons. The number of aliphatic carboxylic acids is 1. The molecule has 1 rings (SSSR count). The van der Waals surface area contributed by atoms with Gasteiger partial charge in [-0.1, -0.05) is 17.7 Å². The fraction of sp³-hybridized carbons (Fsp3) is 0.286. The third-order valence-corrected chi connectivity index (χ3v) is 2.29. The van der Waals surface area contributed by atoms with E-state index in [-0.39, 0.29) is 6.04 Å². The molecule has 0 saturated heterocycles. The van der Waals surface area contributed by atoms with Crippen molar-refractivity contribution < 1.29 is 19.4 Å². The van der Waals surface area contributed by atoms with Crippen LogP contribution in [0, 0.1) is 6.92 Å². The summed E-state index contributed by atoms with van der Waals surface area (Å²) >= 11 is 0. The number of rotatable bonds is 6. The third kappa shape index (κ3) is 6.26. The lowest BCUT2D eigenvalue weighted by Crippen LogP contribution is -2.35. The number of amides is 1. The summed E-state index contributed by atoms with van der Waals surface area (Å²) in [6, 6.07) is 7.37. The van der Waals surface area contributed by atoms with Crippen molar-refractivity contribution >= 4 is 11.9 Å². The molecule has 0 aliphatic carbocycles. The molecule has 5 heteroatoms. The van der Waals surface area contributed by atoms with Crippen LogP contribution in [0.2, 0.25) is 0 Å². The molecular formula is C14H17NO4. The summed E-state index contributed by atoms with van der Waals surface area (Å²) in [5.41, 5.74) is 1.15. The molecule has 0 fully saturated rings. The number of nitrogens with one attached hydrogen (secondary N) is 1. The summed E-state index contributed by atoms with van der Waals surface area (Å²) in [5.74, 6) is -0.881. The fourth-order valence-corrected chi connectivity index (χ4v) is 1.34. The Hall–Kier alpha value is -2.30. The maximum Gasteiger partial charge on any atom is 0.328 e. The van der Waals surface area contributed by atoms with Crippen LogP contribution in [0.15, 0.2) is 36.4 Å². The molecule has 2 N–H and O–H groups in total. The molecule has 0 heterocycles. The van der Waals surface area contributed by atoms with E-state index in [1.807, 2.05) is 31.2 Å². The number of carbonyl (C=O) groups is 2. The van der Waals surface area contributed by atoms with E-state index in [0.29, 0.717) is 6.61 Å². The topological polar surface area (TPSA) is 75.6 Å². The molecule has 1 unspecified atom stereocenters. The second-order valence-corrected chi connectivity index (χ2v) is 4.21. The SMILES string of the molecule is Cc1ccc(OCC(C)NC(=O)C=CC(=O)O)cc1. The van der Waals surface area contributed by atoms with Gasteiger partial charge < -0.3 is 15.2 Å². The van der Waals surface area contributed by atoms with E-state index in [1.54, 1.807) is 6.92 Å². The van der Waals surface area contributed by atoms with Crippen molar-refractivity contribution in [2.45, 2.75) is 19.9 Å². The van der Waals surface area contributed by atoms with Gasteiger partial charge in [-0.05, 0) is 26.0 Å². The summed E-state index contributed by atoms with van der Waals surface area (Å²) < 4.78 is 5.49. The average Bonchev–Trinajstić information content (AvgIpc) is 2.36. The Balaban J connectivity index is 2.35. The van der Waals surface area contributed by atoms with Crippen molar-refractivity contribution in [3.8, 4) is 5.75 Å². The third-order valence-electron chi connectivity index (χ3n) is 2.29. The molecule has 1 amide bonds. The van der Waals surface area contributed by atoms with Gasteiger partial charge in [0.1, 0.15) is 12.4 Å². The van der Waals surface area contributed by atoms with E-state index in [0.717, 1.165) is 23.5 Å². The molecule has 102 valence electrons. The number of hydrogen-bond acceptors (Lipinski definition) is 3. The molecular weight excluding hydrogens is 246 g/mol. The zero-order chi connectivity index (χ0) is 14.3. The Bertz CT molecular complexity index is 465. The van der Waals surface area contributed by atoms with Crippen LogP contribution in [0.3, 0.4) is 0 Å². The summed E-state index contributed by atoms with van der Waals surface area (Å²) in [6.07, 6.45) is 1.77. The van der Waals surface area contributed by atoms with Gasteiger partial charge >= 0.3 is 5.97 Å². The molecule has 1 aromatic carbocycles. The second kappa shape index (κ2) is 7.20. The van der Waals surface area contributed by atoms with E-state index in [4.69, 9.17) is 9.84 Å². The van der Waals surface area contributed by atoms with Crippen molar-refractivity contribution in [2.75, 3.05) is 6.61 Å². The Kier molecular flexibility index (Phi) is 5.60. The van der Waals surface area contributed by atoms with Crippen LogP contribution in [0.5, 0.6) is 5.75 Å². The van der Waals surface area contributed by atoms with Gasteiger partial charge in [-0.2, -0.15) is 0 Å². The minimum Gasteiger partial charge on any atom is -0.491 e. The van der Waals surface area contributed by atoms with E-state index in [9.17, 15) is 9.59 Å². The number of ether oxygens (including phenoxy) is 1. The monoisotopic (exact) mass is 263 g/mol. The summed E-state index contributed by atoms with van der Waals surface area (Å²) in [5, 5.41) is 11.0. The first kappa shape index (κ1) is 14.8. The Morgan fingerprint density at radius 2 is 1.95 bits per heavy atom. The van der Waals surface area contributed by atoms with Gasteiger partial charge in [0, 0.05) is 12.2 Å². The van der Waals surface area contributed by atoms with Crippen LogP contribution < -0.4 is 10.1 Å². The fourth-order valence-electron chi connectivity index (χ4n) is 1.34. The molecule has 0 aromatic heterocycles. The summed E-state index contributed by atoms with van der Waals surface area (Å²) in [7, 11) is 0. The van der Waals surface area contributed by atoms with Gasteiger partial charge in [0.25, 0.3) is 0 Å². The van der Waals surface area contributed by atoms with Gasteiger partial charge in [0.05, 0.1) is 6.04 Å². The normalized spacial score (nSPS) is 12.1. The van der Waals surface area contributed by atoms with Crippen molar-refractivity contribution in [1.29, 1.82) is 0 Å². The quantitative estimate of drug-likeness (QED) is 0.763. The van der Waals surface area contributed by atoms with E-state index < -0.39 is 11.9 Å². The van der Waals surface area contributed by atoms with Crippen LogP contribution in [0.25, 0.3) is 0 Å². The van der Waals surface area contributed by atoms with Gasteiger partial charge in [-0.25, -0.2) is 4.79 Å². The van der Waals surface area contributed by atoms with E-state index >= 15 is 0 Å². The number of carboxylic acids is 1. The van der Waals surface area contributed by atoms with Gasteiger partial charge in [0.15, 0.2) is 0 Å². The molecule has 0 aliphatic rings. The van der Waals surface area contributed by atoms with Crippen LogP contribution in [0.4, 0.5) is 0 Å². The number of carboxylic acid groups (broad SMARTS) is 1. The number of hydrogen-bond donors (Lipinski definition) is 2. The first-order valence-electron chi connectivity index (χ1n) is 5.88. The van der Waals surface area contributed by atoms with Crippen LogP contribution >= 0.6 is 0 Å².